The van der Waals surface area contributed by atoms with Gasteiger partial charge in [-0.25, -0.2) is 0 Å². The summed E-state index contributed by atoms with van der Waals surface area (Å²) in [6.45, 7) is 2.22. The maximum absolute atomic E-state index is 12.9. The quantitative estimate of drug-likeness (QED) is 0.787. The zero-order valence-electron chi connectivity index (χ0n) is 10.4. The molecule has 0 N–H and O–H groups in total. The normalized spacial score (nSPS) is 20.4. The van der Waals surface area contributed by atoms with Crippen molar-refractivity contribution in [3.8, 4) is 0 Å². The van der Waals surface area contributed by atoms with Gasteiger partial charge in [-0.05, 0) is 11.6 Å². The zero-order valence-corrected chi connectivity index (χ0v) is 10.4. The molecule has 0 aromatic heterocycles. The fourth-order valence-corrected chi connectivity index (χ4v) is 2.16. The van der Waals surface area contributed by atoms with Crippen LogP contribution in [0.1, 0.15) is 24.2 Å². The van der Waals surface area contributed by atoms with Gasteiger partial charge in [0.2, 0.25) is 5.91 Å². The maximum atomic E-state index is 12.9. The van der Waals surface area contributed by atoms with Crippen molar-refractivity contribution in [3.05, 3.63) is 35.4 Å². The van der Waals surface area contributed by atoms with Crippen LogP contribution in [-0.2, 0) is 15.7 Å². The molecular formula is C13H14F3NO2. The number of benzene rings is 1. The van der Waals surface area contributed by atoms with E-state index in [0.717, 1.165) is 6.07 Å². The number of alkyl halides is 3. The molecule has 1 aliphatic heterocycles. The molecule has 0 bridgehead atoms. The van der Waals surface area contributed by atoms with Crippen LogP contribution in [0, 0.1) is 0 Å². The van der Waals surface area contributed by atoms with E-state index in [4.69, 9.17) is 4.74 Å². The summed E-state index contributed by atoms with van der Waals surface area (Å²) in [4.78, 5) is 12.8. The Bertz CT molecular complexity index is 473. The first kappa shape index (κ1) is 13.9. The molecule has 0 aliphatic carbocycles. The van der Waals surface area contributed by atoms with E-state index in [1.807, 2.05) is 0 Å². The summed E-state index contributed by atoms with van der Waals surface area (Å²) >= 11 is 0. The van der Waals surface area contributed by atoms with Gasteiger partial charge in [-0.1, -0.05) is 18.2 Å². The number of hydrogen-bond donors (Lipinski definition) is 0. The van der Waals surface area contributed by atoms with Crippen LogP contribution in [0.3, 0.4) is 0 Å². The summed E-state index contributed by atoms with van der Waals surface area (Å²) in [5, 5.41) is 0. The molecule has 1 aromatic carbocycles. The number of ether oxygens (including phenoxy) is 1. The van der Waals surface area contributed by atoms with Crippen molar-refractivity contribution in [3.63, 3.8) is 0 Å². The van der Waals surface area contributed by atoms with Gasteiger partial charge in [0.15, 0.2) is 0 Å². The summed E-state index contributed by atoms with van der Waals surface area (Å²) in [6.07, 6.45) is -5.14. The van der Waals surface area contributed by atoms with E-state index in [1.165, 1.54) is 24.0 Å². The van der Waals surface area contributed by atoms with Crippen molar-refractivity contribution in [1.82, 2.24) is 4.90 Å². The predicted octanol–water partition coefficient (Wildman–Crippen LogP) is 2.63. The van der Waals surface area contributed by atoms with Crippen LogP contribution in [0.4, 0.5) is 13.2 Å². The second kappa shape index (κ2) is 5.21. The fraction of sp³-hybridized carbons (Fsp3) is 0.462. The number of carbonyl (C=O) groups excluding carboxylic acids is 1. The molecule has 0 unspecified atom stereocenters. The molecule has 1 fully saturated rings. The molecule has 19 heavy (non-hydrogen) atoms. The summed E-state index contributed by atoms with van der Waals surface area (Å²) in [7, 11) is 0. The van der Waals surface area contributed by atoms with Gasteiger partial charge < -0.3 is 9.64 Å². The topological polar surface area (TPSA) is 29.5 Å². The molecule has 1 atom stereocenters. The van der Waals surface area contributed by atoms with Gasteiger partial charge in [0.1, 0.15) is 6.10 Å². The summed E-state index contributed by atoms with van der Waals surface area (Å²) < 4.78 is 44.2. The highest BCUT2D eigenvalue weighted by molar-refractivity contribution is 5.73. The van der Waals surface area contributed by atoms with Crippen LogP contribution in [0.15, 0.2) is 24.3 Å². The van der Waals surface area contributed by atoms with Gasteiger partial charge in [0, 0.05) is 13.5 Å². The maximum Gasteiger partial charge on any atom is 0.416 e. The number of nitrogens with zero attached hydrogens (tertiary/aromatic N) is 1. The molecule has 104 valence electrons. The van der Waals surface area contributed by atoms with Gasteiger partial charge in [0.05, 0.1) is 18.7 Å². The lowest BCUT2D eigenvalue weighted by atomic mass is 10.0. The van der Waals surface area contributed by atoms with Crippen LogP contribution < -0.4 is 0 Å². The van der Waals surface area contributed by atoms with Crippen LogP contribution >= 0.6 is 0 Å². The molecule has 0 saturated carbocycles. The van der Waals surface area contributed by atoms with Crippen molar-refractivity contribution < 1.29 is 22.7 Å². The first-order valence-corrected chi connectivity index (χ1v) is 5.93. The minimum atomic E-state index is -4.42. The van der Waals surface area contributed by atoms with Crippen LogP contribution in [0.5, 0.6) is 0 Å². The first-order chi connectivity index (χ1) is 8.89. The fourth-order valence-electron chi connectivity index (χ4n) is 2.16. The van der Waals surface area contributed by atoms with Crippen molar-refractivity contribution in [2.75, 3.05) is 19.7 Å². The van der Waals surface area contributed by atoms with Crippen molar-refractivity contribution in [2.45, 2.75) is 19.2 Å². The third kappa shape index (κ3) is 3.07. The Balaban J connectivity index is 2.29. The number of halogens is 3. The Morgan fingerprint density at radius 3 is 2.68 bits per heavy atom. The highest BCUT2D eigenvalue weighted by Gasteiger charge is 2.36. The van der Waals surface area contributed by atoms with E-state index in [0.29, 0.717) is 6.54 Å². The number of amides is 1. The second-order valence-electron chi connectivity index (χ2n) is 4.41. The van der Waals surface area contributed by atoms with E-state index in [-0.39, 0.29) is 24.6 Å². The first-order valence-electron chi connectivity index (χ1n) is 5.93. The summed E-state index contributed by atoms with van der Waals surface area (Å²) in [5.74, 6) is -0.155. The number of hydrogen-bond acceptors (Lipinski definition) is 2. The number of carbonyl (C=O) groups is 1. The van der Waals surface area contributed by atoms with E-state index in [2.05, 4.69) is 0 Å². The van der Waals surface area contributed by atoms with Crippen molar-refractivity contribution in [2.24, 2.45) is 0 Å². The summed E-state index contributed by atoms with van der Waals surface area (Å²) in [6, 6.07) is 5.32. The molecule has 2 rings (SSSR count). The van der Waals surface area contributed by atoms with Crippen LogP contribution in [-0.4, -0.2) is 30.5 Å². The smallest absolute Gasteiger partial charge is 0.370 e. The van der Waals surface area contributed by atoms with Crippen molar-refractivity contribution in [1.29, 1.82) is 0 Å². The largest absolute Gasteiger partial charge is 0.416 e. The standard InChI is InChI=1S/C13H14F3NO2/c1-9(18)17-6-7-19-12(8-17)10-4-2-3-5-11(10)13(14,15)16/h2-5,12H,6-8H2,1H3/t12-/m0/s1. The highest BCUT2D eigenvalue weighted by Crippen LogP contribution is 2.36. The Morgan fingerprint density at radius 2 is 2.05 bits per heavy atom. The minimum absolute atomic E-state index is 0.0842. The van der Waals surface area contributed by atoms with Gasteiger partial charge in [0.25, 0.3) is 0 Å². The summed E-state index contributed by atoms with van der Waals surface area (Å²) in [5.41, 5.74) is -0.619. The average Bonchev–Trinajstić information content (AvgIpc) is 2.38. The Kier molecular flexibility index (Phi) is 3.80. The molecule has 1 aliphatic rings. The lowest BCUT2D eigenvalue weighted by Gasteiger charge is -2.33. The molecule has 6 heteroatoms. The van der Waals surface area contributed by atoms with E-state index in [9.17, 15) is 18.0 Å². The lowest BCUT2D eigenvalue weighted by molar-refractivity contribution is -0.142. The number of rotatable bonds is 1. The highest BCUT2D eigenvalue weighted by atomic mass is 19.4. The van der Waals surface area contributed by atoms with E-state index >= 15 is 0 Å². The SMILES string of the molecule is CC(=O)N1CCO[C@H](c2ccccc2C(F)(F)F)C1. The molecular weight excluding hydrogens is 259 g/mol. The molecule has 1 amide bonds. The van der Waals surface area contributed by atoms with Crippen molar-refractivity contribution >= 4 is 5.91 Å². The van der Waals surface area contributed by atoms with Gasteiger partial charge >= 0.3 is 6.18 Å². The zero-order chi connectivity index (χ0) is 14.0. The Labute approximate surface area is 109 Å². The molecule has 1 saturated heterocycles. The molecule has 3 nitrogen and oxygen atoms in total. The minimum Gasteiger partial charge on any atom is -0.370 e. The molecule has 0 spiro atoms. The monoisotopic (exact) mass is 273 g/mol. The third-order valence-corrected chi connectivity index (χ3v) is 3.12. The van der Waals surface area contributed by atoms with E-state index < -0.39 is 17.8 Å². The molecule has 0 radical (unpaired) electrons. The van der Waals surface area contributed by atoms with Gasteiger partial charge in [-0.3, -0.25) is 4.79 Å². The van der Waals surface area contributed by atoms with Crippen LogP contribution in [0.25, 0.3) is 0 Å². The lowest BCUT2D eigenvalue weighted by Crippen LogP contribution is -2.41. The Hall–Kier alpha value is -1.56. The predicted molar refractivity (Wildman–Crippen MR) is 62.4 cm³/mol. The van der Waals surface area contributed by atoms with E-state index in [1.54, 1.807) is 6.07 Å². The Morgan fingerprint density at radius 1 is 1.37 bits per heavy atom. The van der Waals surface area contributed by atoms with Gasteiger partial charge in [-0.15, -0.1) is 0 Å². The van der Waals surface area contributed by atoms with Crippen LogP contribution in [0.2, 0.25) is 0 Å². The average molecular weight is 273 g/mol. The third-order valence-electron chi connectivity index (χ3n) is 3.12. The van der Waals surface area contributed by atoms with Gasteiger partial charge in [-0.2, -0.15) is 13.2 Å². The molecule has 1 heterocycles. The second-order valence-corrected chi connectivity index (χ2v) is 4.41. The number of morpholine rings is 1. The molecule has 1 aromatic rings.